The lowest BCUT2D eigenvalue weighted by molar-refractivity contribution is -0.137. The normalized spacial score (nSPS) is 12.4. The molecule has 0 bridgehead atoms. The highest BCUT2D eigenvalue weighted by Crippen LogP contribution is 2.30. The van der Waals surface area contributed by atoms with Crippen molar-refractivity contribution < 1.29 is 18.0 Å². The summed E-state index contributed by atoms with van der Waals surface area (Å²) < 4.78 is 37.5. The highest BCUT2D eigenvalue weighted by Gasteiger charge is 2.30. The van der Waals surface area contributed by atoms with Gasteiger partial charge in [0.1, 0.15) is 6.04 Å². The van der Waals surface area contributed by atoms with Gasteiger partial charge in [-0.2, -0.15) is 13.2 Å². The van der Waals surface area contributed by atoms with E-state index in [1.807, 2.05) is 0 Å². The molecule has 0 heterocycles. The Kier molecular flexibility index (Phi) is 4.81. The van der Waals surface area contributed by atoms with Crippen LogP contribution in [-0.2, 0) is 11.0 Å². The Balaban J connectivity index is 2.72. The average Bonchev–Trinajstić information content (AvgIpc) is 2.35. The van der Waals surface area contributed by atoms with E-state index >= 15 is 0 Å². The van der Waals surface area contributed by atoms with Crippen molar-refractivity contribution in [2.24, 2.45) is 0 Å². The van der Waals surface area contributed by atoms with Crippen LogP contribution >= 0.6 is 0 Å². The number of rotatable bonds is 4. The fourth-order valence-corrected chi connectivity index (χ4v) is 1.39. The second-order valence-electron chi connectivity index (χ2n) is 3.87. The van der Waals surface area contributed by atoms with E-state index in [1.54, 1.807) is 0 Å². The summed E-state index contributed by atoms with van der Waals surface area (Å²) in [6.45, 7) is 1.61. The number of carbonyl (C=O) groups excluding carboxylic acids is 1. The number of benzene rings is 1. The summed E-state index contributed by atoms with van der Waals surface area (Å²) in [5.41, 5.74) is -0.549. The zero-order valence-corrected chi connectivity index (χ0v) is 10.2. The molecule has 3 nitrogen and oxygen atoms in total. The zero-order chi connectivity index (χ0) is 14.5. The molecule has 1 aromatic carbocycles. The van der Waals surface area contributed by atoms with Crippen LogP contribution in [0.4, 0.5) is 18.9 Å². The van der Waals surface area contributed by atoms with Gasteiger partial charge in [0, 0.05) is 5.69 Å². The minimum Gasteiger partial charge on any atom is -0.374 e. The van der Waals surface area contributed by atoms with E-state index in [-0.39, 0.29) is 18.1 Å². The van der Waals surface area contributed by atoms with Crippen molar-refractivity contribution in [2.75, 3.05) is 11.9 Å². The predicted molar refractivity (Wildman–Crippen MR) is 66.4 cm³/mol. The average molecular weight is 270 g/mol. The first-order chi connectivity index (χ1) is 8.84. The van der Waals surface area contributed by atoms with Gasteiger partial charge < -0.3 is 10.6 Å². The molecule has 1 unspecified atom stereocenters. The van der Waals surface area contributed by atoms with Gasteiger partial charge in [-0.15, -0.1) is 6.42 Å². The Hall–Kier alpha value is -2.16. The first kappa shape index (κ1) is 14.9. The molecule has 2 N–H and O–H groups in total. The van der Waals surface area contributed by atoms with Crippen molar-refractivity contribution in [1.29, 1.82) is 0 Å². The maximum atomic E-state index is 12.5. The molecule has 1 amide bonds. The van der Waals surface area contributed by atoms with Crippen LogP contribution in [0.5, 0.6) is 0 Å². The minimum atomic E-state index is -4.41. The highest BCUT2D eigenvalue weighted by atomic mass is 19.4. The van der Waals surface area contributed by atoms with Gasteiger partial charge in [-0.3, -0.25) is 4.79 Å². The van der Waals surface area contributed by atoms with Crippen molar-refractivity contribution in [1.82, 2.24) is 5.32 Å². The Morgan fingerprint density at radius 1 is 1.47 bits per heavy atom. The standard InChI is InChI=1S/C13H13F3N2O/c1-3-7-17-12(19)9(2)18-11-6-4-5-10(8-11)13(14,15)16/h1,4-6,8-9,18H,7H2,2H3,(H,17,19). The summed E-state index contributed by atoms with van der Waals surface area (Å²) >= 11 is 0. The lowest BCUT2D eigenvalue weighted by Crippen LogP contribution is -2.37. The van der Waals surface area contributed by atoms with Crippen molar-refractivity contribution >= 4 is 11.6 Å². The molecule has 1 atom stereocenters. The van der Waals surface area contributed by atoms with Gasteiger partial charge in [-0.05, 0) is 25.1 Å². The Labute approximate surface area is 109 Å². The molecule has 0 aliphatic heterocycles. The molecular weight excluding hydrogens is 257 g/mol. The molecule has 102 valence electrons. The summed E-state index contributed by atoms with van der Waals surface area (Å²) in [5.74, 6) is 1.86. The molecule has 1 rings (SSSR count). The largest absolute Gasteiger partial charge is 0.416 e. The zero-order valence-electron chi connectivity index (χ0n) is 10.2. The van der Waals surface area contributed by atoms with E-state index in [1.165, 1.54) is 19.1 Å². The summed E-state index contributed by atoms with van der Waals surface area (Å²) in [6.07, 6.45) is 0.577. The number of hydrogen-bond acceptors (Lipinski definition) is 2. The number of hydrogen-bond donors (Lipinski definition) is 2. The smallest absolute Gasteiger partial charge is 0.374 e. The van der Waals surface area contributed by atoms with Crippen LogP contribution in [-0.4, -0.2) is 18.5 Å². The van der Waals surface area contributed by atoms with Crippen molar-refractivity contribution in [3.63, 3.8) is 0 Å². The molecule has 0 aromatic heterocycles. The molecule has 6 heteroatoms. The van der Waals surface area contributed by atoms with Crippen LogP contribution in [0.15, 0.2) is 24.3 Å². The molecular formula is C13H13F3N2O. The van der Waals surface area contributed by atoms with Crippen LogP contribution in [0.25, 0.3) is 0 Å². The maximum absolute atomic E-state index is 12.5. The third-order valence-electron chi connectivity index (χ3n) is 2.33. The quantitative estimate of drug-likeness (QED) is 0.824. The van der Waals surface area contributed by atoms with Crippen molar-refractivity contribution in [3.8, 4) is 12.3 Å². The van der Waals surface area contributed by atoms with Crippen molar-refractivity contribution in [2.45, 2.75) is 19.1 Å². The first-order valence-corrected chi connectivity index (χ1v) is 5.49. The monoisotopic (exact) mass is 270 g/mol. The summed E-state index contributed by atoms with van der Waals surface area (Å²) in [7, 11) is 0. The van der Waals surface area contributed by atoms with Gasteiger partial charge in [-0.1, -0.05) is 12.0 Å². The van der Waals surface area contributed by atoms with E-state index in [4.69, 9.17) is 6.42 Å². The van der Waals surface area contributed by atoms with Gasteiger partial charge in [0.25, 0.3) is 0 Å². The van der Waals surface area contributed by atoms with E-state index in [2.05, 4.69) is 16.6 Å². The fraction of sp³-hybridized carbons (Fsp3) is 0.308. The minimum absolute atomic E-state index is 0.0768. The van der Waals surface area contributed by atoms with Gasteiger partial charge in [0.15, 0.2) is 0 Å². The van der Waals surface area contributed by atoms with E-state index in [0.717, 1.165) is 12.1 Å². The van der Waals surface area contributed by atoms with Gasteiger partial charge in [-0.25, -0.2) is 0 Å². The molecule has 0 aliphatic carbocycles. The van der Waals surface area contributed by atoms with E-state index < -0.39 is 17.8 Å². The Morgan fingerprint density at radius 2 is 2.16 bits per heavy atom. The highest BCUT2D eigenvalue weighted by molar-refractivity contribution is 5.84. The van der Waals surface area contributed by atoms with Crippen LogP contribution in [0, 0.1) is 12.3 Å². The second-order valence-corrected chi connectivity index (χ2v) is 3.87. The number of nitrogens with one attached hydrogen (secondary N) is 2. The number of alkyl halides is 3. The molecule has 0 saturated heterocycles. The van der Waals surface area contributed by atoms with Crippen LogP contribution in [0.2, 0.25) is 0 Å². The topological polar surface area (TPSA) is 41.1 Å². The molecule has 0 aliphatic rings. The van der Waals surface area contributed by atoms with E-state index in [0.29, 0.717) is 0 Å². The van der Waals surface area contributed by atoms with Crippen molar-refractivity contribution in [3.05, 3.63) is 29.8 Å². The number of halogens is 3. The number of anilines is 1. The molecule has 0 fully saturated rings. The van der Waals surface area contributed by atoms with Gasteiger partial charge in [0.2, 0.25) is 5.91 Å². The van der Waals surface area contributed by atoms with E-state index in [9.17, 15) is 18.0 Å². The SMILES string of the molecule is C#CCNC(=O)C(C)Nc1cccc(C(F)(F)F)c1. The summed E-state index contributed by atoms with van der Waals surface area (Å²) in [5, 5.41) is 5.12. The van der Waals surface area contributed by atoms with Gasteiger partial charge >= 0.3 is 6.18 Å². The number of terminal acetylenes is 1. The van der Waals surface area contributed by atoms with Crippen LogP contribution < -0.4 is 10.6 Å². The number of carbonyl (C=O) groups is 1. The molecule has 0 radical (unpaired) electrons. The predicted octanol–water partition coefficient (Wildman–Crippen LogP) is 2.26. The second kappa shape index (κ2) is 6.14. The molecule has 1 aromatic rings. The fourth-order valence-electron chi connectivity index (χ4n) is 1.39. The summed E-state index contributed by atoms with van der Waals surface area (Å²) in [4.78, 5) is 11.5. The maximum Gasteiger partial charge on any atom is 0.416 e. The lowest BCUT2D eigenvalue weighted by Gasteiger charge is -2.15. The number of amides is 1. The van der Waals surface area contributed by atoms with Gasteiger partial charge in [0.05, 0.1) is 12.1 Å². The van der Waals surface area contributed by atoms with Crippen LogP contribution in [0.1, 0.15) is 12.5 Å². The lowest BCUT2D eigenvalue weighted by atomic mass is 10.2. The first-order valence-electron chi connectivity index (χ1n) is 5.49. The van der Waals surface area contributed by atoms with Crippen LogP contribution in [0.3, 0.4) is 0 Å². The molecule has 0 spiro atoms. The molecule has 0 saturated carbocycles. The molecule has 19 heavy (non-hydrogen) atoms. The third-order valence-corrected chi connectivity index (χ3v) is 2.33. The third kappa shape index (κ3) is 4.54. The summed E-state index contributed by atoms with van der Waals surface area (Å²) in [6, 6.07) is 3.97. The Morgan fingerprint density at radius 3 is 2.74 bits per heavy atom. The Bertz CT molecular complexity index is 491.